The van der Waals surface area contributed by atoms with Crippen LogP contribution in [0.2, 0.25) is 0 Å². The van der Waals surface area contributed by atoms with E-state index < -0.39 is 64.2 Å². The SMILES string of the molecule is O=C(NCc1c(F)cc(F)cc1F)c1cn2c(c(OCc3ccccc3)c1=O)C(=O)N1CCCC(=O)[C@H]2C1. The quantitative estimate of drug-likeness (QED) is 0.534. The fraction of sp³-hybridized carbons (Fsp3) is 0.259. The van der Waals surface area contributed by atoms with Gasteiger partial charge in [0.25, 0.3) is 11.8 Å². The zero-order valence-corrected chi connectivity index (χ0v) is 20.0. The van der Waals surface area contributed by atoms with Gasteiger partial charge in [-0.2, -0.15) is 0 Å². The van der Waals surface area contributed by atoms with Gasteiger partial charge in [-0.25, -0.2) is 13.2 Å². The van der Waals surface area contributed by atoms with E-state index in [2.05, 4.69) is 5.32 Å². The molecule has 0 spiro atoms. The third-order valence-corrected chi connectivity index (χ3v) is 6.64. The number of carbonyl (C=O) groups excluding carboxylic acids is 3. The molecule has 3 heterocycles. The summed E-state index contributed by atoms with van der Waals surface area (Å²) in [6.45, 7) is -0.345. The summed E-state index contributed by atoms with van der Waals surface area (Å²) in [6.07, 6.45) is 1.79. The monoisotopic (exact) mass is 525 g/mol. The van der Waals surface area contributed by atoms with Crippen molar-refractivity contribution in [3.8, 4) is 5.75 Å². The Morgan fingerprint density at radius 1 is 1.05 bits per heavy atom. The lowest BCUT2D eigenvalue weighted by Crippen LogP contribution is -2.46. The van der Waals surface area contributed by atoms with E-state index in [4.69, 9.17) is 4.74 Å². The Morgan fingerprint density at radius 3 is 2.47 bits per heavy atom. The Labute approximate surface area is 214 Å². The Morgan fingerprint density at radius 2 is 1.76 bits per heavy atom. The van der Waals surface area contributed by atoms with E-state index in [1.165, 1.54) is 9.47 Å². The summed E-state index contributed by atoms with van der Waals surface area (Å²) in [6, 6.07) is 8.95. The molecule has 196 valence electrons. The van der Waals surface area contributed by atoms with Crippen LogP contribution in [0.15, 0.2) is 53.5 Å². The molecule has 38 heavy (non-hydrogen) atoms. The van der Waals surface area contributed by atoms with Gasteiger partial charge >= 0.3 is 0 Å². The topological polar surface area (TPSA) is 97.7 Å². The van der Waals surface area contributed by atoms with Crippen molar-refractivity contribution in [1.82, 2.24) is 14.8 Å². The van der Waals surface area contributed by atoms with E-state index in [-0.39, 0.29) is 31.0 Å². The Kier molecular flexibility index (Phi) is 6.75. The molecule has 2 aromatic carbocycles. The average molecular weight is 525 g/mol. The summed E-state index contributed by atoms with van der Waals surface area (Å²) < 4.78 is 48.5. The molecule has 8 nitrogen and oxygen atoms in total. The normalized spacial score (nSPS) is 16.6. The molecule has 1 saturated heterocycles. The predicted molar refractivity (Wildman–Crippen MR) is 128 cm³/mol. The predicted octanol–water partition coefficient (Wildman–Crippen LogP) is 3.13. The second-order valence-electron chi connectivity index (χ2n) is 9.10. The number of ketones is 1. The van der Waals surface area contributed by atoms with Gasteiger partial charge < -0.3 is 19.5 Å². The average Bonchev–Trinajstić information content (AvgIpc) is 3.06. The molecule has 1 fully saturated rings. The van der Waals surface area contributed by atoms with Gasteiger partial charge in [-0.05, 0) is 12.0 Å². The van der Waals surface area contributed by atoms with E-state index in [1.54, 1.807) is 30.3 Å². The summed E-state index contributed by atoms with van der Waals surface area (Å²) in [5.41, 5.74) is -1.42. The van der Waals surface area contributed by atoms with Crippen molar-refractivity contribution in [3.05, 3.63) is 98.7 Å². The molecule has 2 amide bonds. The first-order chi connectivity index (χ1) is 18.2. The summed E-state index contributed by atoms with van der Waals surface area (Å²) >= 11 is 0. The molecular formula is C27H22F3N3O5. The molecular weight excluding hydrogens is 503 g/mol. The van der Waals surface area contributed by atoms with Crippen LogP contribution in [0.4, 0.5) is 13.2 Å². The minimum atomic E-state index is -1.20. The minimum absolute atomic E-state index is 0.0821. The summed E-state index contributed by atoms with van der Waals surface area (Å²) in [4.78, 5) is 54.2. The molecule has 1 N–H and O–H groups in total. The summed E-state index contributed by atoms with van der Waals surface area (Å²) in [7, 11) is 0. The van der Waals surface area contributed by atoms with Gasteiger partial charge in [0, 0.05) is 49.9 Å². The molecule has 2 aliphatic heterocycles. The second-order valence-corrected chi connectivity index (χ2v) is 9.10. The van der Waals surface area contributed by atoms with E-state index in [9.17, 15) is 32.3 Å². The van der Waals surface area contributed by atoms with Gasteiger partial charge in [-0.3, -0.25) is 19.2 Å². The summed E-state index contributed by atoms with van der Waals surface area (Å²) in [5, 5.41) is 2.26. The highest BCUT2D eigenvalue weighted by atomic mass is 19.1. The standard InChI is InChI=1S/C27H22F3N3O5/c28-16-9-19(29)17(20(30)10-16)11-31-26(36)18-12-33-21-13-32(8-4-7-22(21)34)27(37)23(33)25(24(18)35)38-14-15-5-2-1-3-6-15/h1-3,5-6,9-10,12,21H,4,7-8,11,13-14H2,(H,31,36)/t21-/m1/s1. The van der Waals surface area contributed by atoms with Crippen LogP contribution >= 0.6 is 0 Å². The number of hydrogen-bond acceptors (Lipinski definition) is 5. The molecule has 3 aromatic rings. The Hall–Kier alpha value is -4.41. The van der Waals surface area contributed by atoms with Crippen molar-refractivity contribution in [3.63, 3.8) is 0 Å². The maximum Gasteiger partial charge on any atom is 0.274 e. The highest BCUT2D eigenvalue weighted by Gasteiger charge is 2.40. The lowest BCUT2D eigenvalue weighted by atomic mass is 10.0. The highest BCUT2D eigenvalue weighted by Crippen LogP contribution is 2.31. The summed E-state index contributed by atoms with van der Waals surface area (Å²) in [5.74, 6) is -5.59. The molecule has 0 saturated carbocycles. The number of Topliss-reactive ketones (excluding diaryl/α,β-unsaturated/α-hetero) is 1. The number of pyridine rings is 1. The van der Waals surface area contributed by atoms with Crippen LogP contribution in [0, 0.1) is 17.5 Å². The molecule has 0 unspecified atom stereocenters. The number of fused-ring (bicyclic) bond motifs is 4. The number of nitrogens with one attached hydrogen (secondary N) is 1. The lowest BCUT2D eigenvalue weighted by Gasteiger charge is -2.34. The maximum atomic E-state index is 14.1. The molecule has 1 atom stereocenters. The molecule has 5 rings (SSSR count). The molecule has 2 aliphatic rings. The van der Waals surface area contributed by atoms with Crippen LogP contribution < -0.4 is 15.5 Å². The first-order valence-electron chi connectivity index (χ1n) is 11.9. The fourth-order valence-corrected chi connectivity index (χ4v) is 4.68. The third-order valence-electron chi connectivity index (χ3n) is 6.64. The van der Waals surface area contributed by atoms with Gasteiger partial charge in [-0.15, -0.1) is 0 Å². The van der Waals surface area contributed by atoms with Crippen molar-refractivity contribution >= 4 is 17.6 Å². The maximum absolute atomic E-state index is 14.1. The van der Waals surface area contributed by atoms with Crippen molar-refractivity contribution in [1.29, 1.82) is 0 Å². The smallest absolute Gasteiger partial charge is 0.274 e. The van der Waals surface area contributed by atoms with Crippen LogP contribution in [0.3, 0.4) is 0 Å². The zero-order chi connectivity index (χ0) is 27.0. The van der Waals surface area contributed by atoms with E-state index in [0.29, 0.717) is 30.7 Å². The Bertz CT molecular complexity index is 1480. The number of benzene rings is 2. The first-order valence-corrected chi connectivity index (χ1v) is 11.9. The van der Waals surface area contributed by atoms with E-state index in [1.807, 2.05) is 0 Å². The van der Waals surface area contributed by atoms with Gasteiger partial charge in [0.05, 0.1) is 0 Å². The number of ether oxygens (including phenoxy) is 1. The van der Waals surface area contributed by atoms with Crippen molar-refractivity contribution < 1.29 is 32.3 Å². The highest BCUT2D eigenvalue weighted by molar-refractivity contribution is 6.01. The van der Waals surface area contributed by atoms with Crippen LogP contribution in [0.5, 0.6) is 5.75 Å². The lowest BCUT2D eigenvalue weighted by molar-refractivity contribution is -0.122. The van der Waals surface area contributed by atoms with Crippen molar-refractivity contribution in [2.75, 3.05) is 13.1 Å². The van der Waals surface area contributed by atoms with Gasteiger partial charge in [0.15, 0.2) is 17.2 Å². The largest absolute Gasteiger partial charge is 0.483 e. The molecule has 2 bridgehead atoms. The number of aromatic nitrogens is 1. The van der Waals surface area contributed by atoms with E-state index >= 15 is 0 Å². The van der Waals surface area contributed by atoms with Gasteiger partial charge in [-0.1, -0.05) is 30.3 Å². The van der Waals surface area contributed by atoms with E-state index in [0.717, 1.165) is 6.20 Å². The molecule has 0 aliphatic carbocycles. The van der Waals surface area contributed by atoms with Crippen LogP contribution in [0.1, 0.15) is 50.9 Å². The number of nitrogens with zero attached hydrogens (tertiary/aromatic N) is 2. The van der Waals surface area contributed by atoms with Gasteiger partial charge in [0.1, 0.15) is 35.7 Å². The first kappa shape index (κ1) is 25.2. The number of rotatable bonds is 6. The van der Waals surface area contributed by atoms with Crippen LogP contribution in [0.25, 0.3) is 0 Å². The number of halogens is 3. The zero-order valence-electron chi connectivity index (χ0n) is 20.0. The third kappa shape index (κ3) is 4.67. The van der Waals surface area contributed by atoms with Gasteiger partial charge in [0.2, 0.25) is 5.43 Å². The second kappa shape index (κ2) is 10.2. The molecule has 0 radical (unpaired) electrons. The number of carbonyl (C=O) groups is 3. The van der Waals surface area contributed by atoms with Crippen molar-refractivity contribution in [2.45, 2.75) is 32.0 Å². The minimum Gasteiger partial charge on any atom is -0.483 e. The molecule has 11 heteroatoms. The van der Waals surface area contributed by atoms with Crippen molar-refractivity contribution in [2.24, 2.45) is 0 Å². The molecule has 1 aromatic heterocycles. The van der Waals surface area contributed by atoms with Crippen LogP contribution in [-0.2, 0) is 17.9 Å². The van der Waals surface area contributed by atoms with Crippen LogP contribution in [-0.4, -0.2) is 40.2 Å². The Balaban J connectivity index is 1.55. The number of amides is 2. The fourth-order valence-electron chi connectivity index (χ4n) is 4.68. The number of hydrogen-bond donors (Lipinski definition) is 1.